The van der Waals surface area contributed by atoms with Crippen LogP contribution in [0.4, 0.5) is 0 Å². The van der Waals surface area contributed by atoms with Gasteiger partial charge in [0.1, 0.15) is 5.15 Å². The Morgan fingerprint density at radius 1 is 1.24 bits per heavy atom. The number of aromatic nitrogens is 1. The maximum absolute atomic E-state index is 13.7. The Hall–Kier alpha value is -1.74. The van der Waals surface area contributed by atoms with E-state index in [1.165, 1.54) is 0 Å². The number of rotatable bonds is 7. The first-order valence-corrected chi connectivity index (χ1v) is 13.6. The Morgan fingerprint density at radius 2 is 2.00 bits per heavy atom. The maximum atomic E-state index is 13.7. The third-order valence-corrected chi connectivity index (χ3v) is 7.63. The van der Waals surface area contributed by atoms with E-state index in [9.17, 15) is 4.79 Å². The van der Waals surface area contributed by atoms with Crippen molar-refractivity contribution in [2.24, 2.45) is 11.1 Å². The van der Waals surface area contributed by atoms with E-state index >= 15 is 0 Å². The summed E-state index contributed by atoms with van der Waals surface area (Å²) in [6, 6.07) is 10.5. The molecule has 37 heavy (non-hydrogen) atoms. The van der Waals surface area contributed by atoms with Gasteiger partial charge in [0.05, 0.1) is 24.3 Å². The molecule has 202 valence electrons. The largest absolute Gasteiger partial charge is 0.355 e. The highest BCUT2D eigenvalue weighted by Crippen LogP contribution is 2.48. The van der Waals surface area contributed by atoms with Gasteiger partial charge in [0.2, 0.25) is 5.91 Å². The number of hydrogen-bond acceptors (Lipinski definition) is 6. The molecule has 4 N–H and O–H groups in total. The van der Waals surface area contributed by atoms with Gasteiger partial charge >= 0.3 is 0 Å². The number of nitrogens with zero attached hydrogens (tertiary/aromatic N) is 1. The number of benzene rings is 1. The molecule has 1 amide bonds. The predicted octanol–water partition coefficient (Wildman–Crippen LogP) is 4.76. The Balaban J connectivity index is 1.66. The summed E-state index contributed by atoms with van der Waals surface area (Å²) in [6.45, 7) is 11.3. The van der Waals surface area contributed by atoms with Crippen LogP contribution in [0.1, 0.15) is 64.5 Å². The second-order valence-corrected chi connectivity index (χ2v) is 12.7. The van der Waals surface area contributed by atoms with E-state index < -0.39 is 23.3 Å². The van der Waals surface area contributed by atoms with Crippen molar-refractivity contribution in [1.82, 2.24) is 15.6 Å². The molecule has 3 heterocycles. The topological polar surface area (TPSA) is 98.5 Å². The summed E-state index contributed by atoms with van der Waals surface area (Å²) in [7, 11) is 0. The molecule has 2 aliphatic heterocycles. The van der Waals surface area contributed by atoms with Gasteiger partial charge in [-0.1, -0.05) is 62.2 Å². The molecule has 7 nitrogen and oxygen atoms in total. The average molecular weight is 550 g/mol. The van der Waals surface area contributed by atoms with Crippen LogP contribution in [0.5, 0.6) is 0 Å². The standard InChI is InChI=1S/C28H38Cl2N4O3/c1-26(2,3)14-21-28(31,18-9-10-22(30)33-15-18)23(17-7-6-8-19(29)13-17)24(34-21)25(35)32-12-11-20-16-36-27(4,5)37-20/h6-10,13,15,20-21,23-24,34H,11-12,14,16,31H2,1-5H3,(H,32,35)/t20-,21-,23-,24+,28+/m0/s1. The number of nitrogens with two attached hydrogens (primary N) is 1. The molecular weight excluding hydrogens is 511 g/mol. The van der Waals surface area contributed by atoms with Crippen molar-refractivity contribution in [2.75, 3.05) is 13.2 Å². The second kappa shape index (κ2) is 10.8. The number of halogens is 2. The van der Waals surface area contributed by atoms with Gasteiger partial charge < -0.3 is 25.8 Å². The molecule has 9 heteroatoms. The minimum atomic E-state index is -0.940. The molecule has 1 aromatic carbocycles. The Morgan fingerprint density at radius 3 is 2.59 bits per heavy atom. The Kier molecular flexibility index (Phi) is 8.25. The summed E-state index contributed by atoms with van der Waals surface area (Å²) in [6.07, 6.45) is 3.06. The van der Waals surface area contributed by atoms with E-state index in [0.29, 0.717) is 29.7 Å². The van der Waals surface area contributed by atoms with Crippen LogP contribution < -0.4 is 16.4 Å². The number of amides is 1. The second-order valence-electron chi connectivity index (χ2n) is 11.8. The minimum Gasteiger partial charge on any atom is -0.355 e. The molecule has 5 atom stereocenters. The zero-order valence-electron chi connectivity index (χ0n) is 22.2. The monoisotopic (exact) mass is 548 g/mol. The number of ether oxygens (including phenoxy) is 2. The molecule has 2 aromatic rings. The van der Waals surface area contributed by atoms with Crippen molar-refractivity contribution in [2.45, 2.75) is 82.9 Å². The fraction of sp³-hybridized carbons (Fsp3) is 0.571. The fourth-order valence-corrected chi connectivity index (χ4v) is 5.87. The predicted molar refractivity (Wildman–Crippen MR) is 147 cm³/mol. The third kappa shape index (κ3) is 6.47. The number of nitrogens with one attached hydrogen (secondary N) is 2. The number of carbonyl (C=O) groups is 1. The molecule has 2 aliphatic rings. The van der Waals surface area contributed by atoms with Crippen molar-refractivity contribution < 1.29 is 14.3 Å². The lowest BCUT2D eigenvalue weighted by Crippen LogP contribution is -2.51. The first-order chi connectivity index (χ1) is 17.3. The molecule has 0 radical (unpaired) electrons. The van der Waals surface area contributed by atoms with Crippen LogP contribution in [0.3, 0.4) is 0 Å². The summed E-state index contributed by atoms with van der Waals surface area (Å²) < 4.78 is 11.5. The van der Waals surface area contributed by atoms with Gasteiger partial charge in [-0.15, -0.1) is 0 Å². The first-order valence-electron chi connectivity index (χ1n) is 12.8. The fourth-order valence-electron chi connectivity index (χ4n) is 5.56. The van der Waals surface area contributed by atoms with Crippen LogP contribution in [-0.4, -0.2) is 48.0 Å². The van der Waals surface area contributed by atoms with Crippen molar-refractivity contribution in [3.05, 3.63) is 63.9 Å². The molecule has 2 fully saturated rings. The molecule has 0 unspecified atom stereocenters. The molecule has 4 rings (SSSR count). The highest BCUT2D eigenvalue weighted by atomic mass is 35.5. The van der Waals surface area contributed by atoms with Crippen molar-refractivity contribution in [3.63, 3.8) is 0 Å². The van der Waals surface area contributed by atoms with Crippen LogP contribution in [0.2, 0.25) is 10.2 Å². The van der Waals surface area contributed by atoms with E-state index in [4.69, 9.17) is 38.4 Å². The minimum absolute atomic E-state index is 0.0427. The number of carbonyl (C=O) groups excluding carboxylic acids is 1. The SMILES string of the molecule is CC(C)(C)C[C@@H]1N[C@@H](C(=O)NCC[C@H]2COC(C)(C)O2)[C@H](c2cccc(Cl)c2)[C@@]1(N)c1ccc(Cl)nc1. The quantitative estimate of drug-likeness (QED) is 0.431. The summed E-state index contributed by atoms with van der Waals surface area (Å²) in [5, 5.41) is 7.71. The van der Waals surface area contributed by atoms with E-state index in [-0.39, 0.29) is 23.5 Å². The number of pyridine rings is 1. The zero-order chi connectivity index (χ0) is 27.0. The Bertz CT molecular complexity index is 1110. The van der Waals surface area contributed by atoms with Gasteiger partial charge in [-0.05, 0) is 61.4 Å². The van der Waals surface area contributed by atoms with Crippen LogP contribution in [-0.2, 0) is 19.8 Å². The van der Waals surface area contributed by atoms with Gasteiger partial charge in [-0.25, -0.2) is 4.98 Å². The van der Waals surface area contributed by atoms with Crippen molar-refractivity contribution >= 4 is 29.1 Å². The third-order valence-electron chi connectivity index (χ3n) is 7.17. The molecule has 0 saturated carbocycles. The highest BCUT2D eigenvalue weighted by molar-refractivity contribution is 6.30. The molecule has 1 aromatic heterocycles. The highest BCUT2D eigenvalue weighted by Gasteiger charge is 2.57. The average Bonchev–Trinajstić information content (AvgIpc) is 3.29. The normalized spacial score (nSPS) is 29.4. The van der Waals surface area contributed by atoms with Crippen LogP contribution >= 0.6 is 23.2 Å². The van der Waals surface area contributed by atoms with Gasteiger partial charge in [0.15, 0.2) is 5.79 Å². The van der Waals surface area contributed by atoms with Gasteiger partial charge in [-0.3, -0.25) is 4.79 Å². The lowest BCUT2D eigenvalue weighted by atomic mass is 9.69. The van der Waals surface area contributed by atoms with E-state index in [1.54, 1.807) is 12.3 Å². The summed E-state index contributed by atoms with van der Waals surface area (Å²) in [5.74, 6) is -1.10. The van der Waals surface area contributed by atoms with E-state index in [0.717, 1.165) is 17.5 Å². The van der Waals surface area contributed by atoms with Gasteiger partial charge in [-0.2, -0.15) is 0 Å². The zero-order valence-corrected chi connectivity index (χ0v) is 23.7. The van der Waals surface area contributed by atoms with Crippen molar-refractivity contribution in [3.8, 4) is 0 Å². The summed E-state index contributed by atoms with van der Waals surface area (Å²) in [5.41, 5.74) is 8.12. The van der Waals surface area contributed by atoms with Crippen molar-refractivity contribution in [1.29, 1.82) is 0 Å². The first kappa shape index (κ1) is 28.3. The molecule has 0 spiro atoms. The molecule has 0 bridgehead atoms. The van der Waals surface area contributed by atoms with Gasteiger partial charge in [0.25, 0.3) is 0 Å². The Labute approximate surface area is 229 Å². The number of hydrogen-bond donors (Lipinski definition) is 3. The maximum Gasteiger partial charge on any atom is 0.237 e. The van der Waals surface area contributed by atoms with Crippen LogP contribution in [0, 0.1) is 5.41 Å². The van der Waals surface area contributed by atoms with E-state index in [1.807, 2.05) is 44.2 Å². The smallest absolute Gasteiger partial charge is 0.237 e. The van der Waals surface area contributed by atoms with E-state index in [2.05, 4.69) is 36.4 Å². The lowest BCUT2D eigenvalue weighted by Gasteiger charge is -2.39. The molecule has 0 aliphatic carbocycles. The molecule has 2 saturated heterocycles. The summed E-state index contributed by atoms with van der Waals surface area (Å²) >= 11 is 12.5. The molecular formula is C28H38Cl2N4O3. The summed E-state index contributed by atoms with van der Waals surface area (Å²) in [4.78, 5) is 18.1. The van der Waals surface area contributed by atoms with Crippen LogP contribution in [0.15, 0.2) is 42.6 Å². The lowest BCUT2D eigenvalue weighted by molar-refractivity contribution is -0.138. The van der Waals surface area contributed by atoms with Crippen LogP contribution in [0.25, 0.3) is 0 Å². The van der Waals surface area contributed by atoms with Gasteiger partial charge in [0, 0.05) is 29.7 Å².